The summed E-state index contributed by atoms with van der Waals surface area (Å²) in [6.45, 7) is 2.12. The van der Waals surface area contributed by atoms with E-state index in [4.69, 9.17) is 4.74 Å². The van der Waals surface area contributed by atoms with Gasteiger partial charge in [-0.05, 0) is 31.2 Å². The van der Waals surface area contributed by atoms with Gasteiger partial charge in [0.25, 0.3) is 0 Å². The van der Waals surface area contributed by atoms with Gasteiger partial charge >= 0.3 is 6.29 Å². The van der Waals surface area contributed by atoms with E-state index in [1.54, 1.807) is 37.4 Å². The second-order valence-electron chi connectivity index (χ2n) is 5.44. The SMILES string of the molecule is COc1ccc(O)c(C(C)NCc2cccc3c2OC(F)(F)O3)c1. The van der Waals surface area contributed by atoms with E-state index >= 15 is 0 Å². The standard InChI is InChI=1S/C17H17F2NO4/c1-10(13-8-12(22-2)6-7-14(13)21)20-9-11-4-3-5-15-16(11)24-17(18,19)23-15/h3-8,10,20-21H,9H2,1-2H3. The van der Waals surface area contributed by atoms with E-state index in [2.05, 4.69) is 14.8 Å². The Bertz CT molecular complexity index is 751. The van der Waals surface area contributed by atoms with E-state index in [1.807, 2.05) is 6.92 Å². The highest BCUT2D eigenvalue weighted by molar-refractivity contribution is 5.49. The molecule has 0 aromatic heterocycles. The molecule has 0 spiro atoms. The van der Waals surface area contributed by atoms with Crippen molar-refractivity contribution in [3.63, 3.8) is 0 Å². The number of phenols is 1. The number of hydrogen-bond acceptors (Lipinski definition) is 5. The Balaban J connectivity index is 1.75. The van der Waals surface area contributed by atoms with Gasteiger partial charge < -0.3 is 24.6 Å². The molecule has 5 nitrogen and oxygen atoms in total. The van der Waals surface area contributed by atoms with Crippen molar-refractivity contribution in [1.29, 1.82) is 0 Å². The molecular weight excluding hydrogens is 320 g/mol. The van der Waals surface area contributed by atoms with Crippen molar-refractivity contribution in [2.45, 2.75) is 25.8 Å². The number of hydrogen-bond donors (Lipinski definition) is 2. The van der Waals surface area contributed by atoms with Crippen LogP contribution in [0.4, 0.5) is 8.78 Å². The van der Waals surface area contributed by atoms with Gasteiger partial charge in [-0.15, -0.1) is 8.78 Å². The molecule has 1 aliphatic rings. The molecule has 0 fully saturated rings. The smallest absolute Gasteiger partial charge is 0.508 e. The molecule has 2 aromatic rings. The van der Waals surface area contributed by atoms with Crippen LogP contribution in [0, 0.1) is 0 Å². The number of alkyl halides is 2. The maximum atomic E-state index is 13.2. The van der Waals surface area contributed by atoms with E-state index in [-0.39, 0.29) is 29.8 Å². The maximum Gasteiger partial charge on any atom is 0.586 e. The quantitative estimate of drug-likeness (QED) is 0.873. The van der Waals surface area contributed by atoms with Crippen LogP contribution in [-0.2, 0) is 6.54 Å². The predicted octanol–water partition coefficient (Wildman–Crippen LogP) is 3.57. The molecule has 1 unspecified atom stereocenters. The third-order valence-electron chi connectivity index (χ3n) is 3.81. The van der Waals surface area contributed by atoms with Crippen molar-refractivity contribution in [2.75, 3.05) is 7.11 Å². The molecule has 0 aliphatic carbocycles. The number of aromatic hydroxyl groups is 1. The summed E-state index contributed by atoms with van der Waals surface area (Å²) in [6.07, 6.45) is -3.64. The first-order valence-corrected chi connectivity index (χ1v) is 7.37. The second-order valence-corrected chi connectivity index (χ2v) is 5.44. The van der Waals surface area contributed by atoms with Gasteiger partial charge in [-0.2, -0.15) is 0 Å². The molecule has 0 amide bonds. The van der Waals surface area contributed by atoms with E-state index < -0.39 is 6.29 Å². The van der Waals surface area contributed by atoms with Gasteiger partial charge in [-0.3, -0.25) is 0 Å². The Morgan fingerprint density at radius 2 is 2.04 bits per heavy atom. The minimum atomic E-state index is -3.64. The van der Waals surface area contributed by atoms with Gasteiger partial charge in [0.1, 0.15) is 11.5 Å². The topological polar surface area (TPSA) is 60.0 Å². The van der Waals surface area contributed by atoms with E-state index in [9.17, 15) is 13.9 Å². The van der Waals surface area contributed by atoms with Gasteiger partial charge in [-0.25, -0.2) is 0 Å². The molecule has 0 radical (unpaired) electrons. The molecule has 2 aromatic carbocycles. The summed E-state index contributed by atoms with van der Waals surface area (Å²) in [5.41, 5.74) is 1.18. The number of ether oxygens (including phenoxy) is 3. The summed E-state index contributed by atoms with van der Waals surface area (Å²) in [5.74, 6) is 0.780. The molecule has 128 valence electrons. The van der Waals surface area contributed by atoms with Crippen molar-refractivity contribution >= 4 is 0 Å². The van der Waals surface area contributed by atoms with Gasteiger partial charge in [0.15, 0.2) is 11.5 Å². The molecule has 0 saturated carbocycles. The summed E-state index contributed by atoms with van der Waals surface area (Å²) >= 11 is 0. The Morgan fingerprint density at radius 1 is 1.25 bits per heavy atom. The summed E-state index contributed by atoms with van der Waals surface area (Å²) < 4.78 is 40.6. The molecule has 1 heterocycles. The summed E-state index contributed by atoms with van der Waals surface area (Å²) in [6, 6.07) is 9.40. The number of benzene rings is 2. The lowest BCUT2D eigenvalue weighted by atomic mass is 10.1. The van der Waals surface area contributed by atoms with Gasteiger partial charge in [0.05, 0.1) is 7.11 Å². The van der Waals surface area contributed by atoms with Crippen LogP contribution in [0.1, 0.15) is 24.1 Å². The molecule has 7 heteroatoms. The Morgan fingerprint density at radius 3 is 2.79 bits per heavy atom. The van der Waals surface area contributed by atoms with Gasteiger partial charge in [0, 0.05) is 23.7 Å². The normalized spacial score (nSPS) is 16.0. The lowest BCUT2D eigenvalue weighted by molar-refractivity contribution is -0.286. The summed E-state index contributed by atoms with van der Waals surface area (Å²) in [5, 5.41) is 13.2. The first kappa shape index (κ1) is 16.3. The highest BCUT2D eigenvalue weighted by Gasteiger charge is 2.44. The zero-order chi connectivity index (χ0) is 17.3. The number of phenolic OH excluding ortho intramolecular Hbond substituents is 1. The molecule has 0 saturated heterocycles. The molecule has 1 aliphatic heterocycles. The number of halogens is 2. The number of nitrogens with one attached hydrogen (secondary N) is 1. The van der Waals surface area contributed by atoms with E-state index in [0.717, 1.165) is 0 Å². The summed E-state index contributed by atoms with van der Waals surface area (Å²) in [4.78, 5) is 0. The average Bonchev–Trinajstić information content (AvgIpc) is 2.87. The van der Waals surface area contributed by atoms with Crippen molar-refractivity contribution in [3.8, 4) is 23.0 Å². The van der Waals surface area contributed by atoms with Crippen LogP contribution in [0.15, 0.2) is 36.4 Å². The van der Waals surface area contributed by atoms with Crippen molar-refractivity contribution in [1.82, 2.24) is 5.32 Å². The monoisotopic (exact) mass is 337 g/mol. The second kappa shape index (κ2) is 6.16. The highest BCUT2D eigenvalue weighted by atomic mass is 19.3. The number of para-hydroxylation sites is 1. The number of methoxy groups -OCH3 is 1. The van der Waals surface area contributed by atoms with Crippen LogP contribution in [0.5, 0.6) is 23.0 Å². The maximum absolute atomic E-state index is 13.2. The minimum absolute atomic E-state index is 0.0104. The van der Waals surface area contributed by atoms with Crippen LogP contribution in [0.3, 0.4) is 0 Å². The zero-order valence-corrected chi connectivity index (χ0v) is 13.2. The summed E-state index contributed by atoms with van der Waals surface area (Å²) in [7, 11) is 1.54. The van der Waals surface area contributed by atoms with Crippen LogP contribution in [-0.4, -0.2) is 18.5 Å². The van der Waals surface area contributed by atoms with Gasteiger partial charge in [-0.1, -0.05) is 12.1 Å². The third kappa shape index (κ3) is 3.21. The Kier molecular flexibility index (Phi) is 4.19. The number of fused-ring (bicyclic) bond motifs is 1. The third-order valence-corrected chi connectivity index (χ3v) is 3.81. The molecule has 2 N–H and O–H groups in total. The fourth-order valence-corrected chi connectivity index (χ4v) is 2.54. The molecule has 0 bridgehead atoms. The van der Waals surface area contributed by atoms with Crippen LogP contribution < -0.4 is 19.5 Å². The Hall–Kier alpha value is -2.54. The van der Waals surface area contributed by atoms with E-state index in [0.29, 0.717) is 16.9 Å². The molecule has 1 atom stereocenters. The van der Waals surface area contributed by atoms with E-state index in [1.165, 1.54) is 6.07 Å². The molecular formula is C17H17F2NO4. The van der Waals surface area contributed by atoms with Crippen molar-refractivity contribution in [3.05, 3.63) is 47.5 Å². The van der Waals surface area contributed by atoms with Crippen molar-refractivity contribution < 1.29 is 28.1 Å². The van der Waals surface area contributed by atoms with Crippen LogP contribution in [0.25, 0.3) is 0 Å². The fourth-order valence-electron chi connectivity index (χ4n) is 2.54. The zero-order valence-electron chi connectivity index (χ0n) is 13.2. The predicted molar refractivity (Wildman–Crippen MR) is 82.6 cm³/mol. The molecule has 3 rings (SSSR count). The fraction of sp³-hybridized carbons (Fsp3) is 0.294. The Labute approximate surface area is 137 Å². The lowest BCUT2D eigenvalue weighted by Crippen LogP contribution is -2.26. The van der Waals surface area contributed by atoms with Crippen molar-refractivity contribution in [2.24, 2.45) is 0 Å². The first-order chi connectivity index (χ1) is 11.4. The van der Waals surface area contributed by atoms with Crippen LogP contribution in [0.2, 0.25) is 0 Å². The van der Waals surface area contributed by atoms with Gasteiger partial charge in [0.2, 0.25) is 0 Å². The number of rotatable bonds is 5. The van der Waals surface area contributed by atoms with Crippen LogP contribution >= 0.6 is 0 Å². The lowest BCUT2D eigenvalue weighted by Gasteiger charge is -2.17. The largest absolute Gasteiger partial charge is 0.586 e. The highest BCUT2D eigenvalue weighted by Crippen LogP contribution is 2.43. The average molecular weight is 337 g/mol. The minimum Gasteiger partial charge on any atom is -0.508 e. The molecule has 24 heavy (non-hydrogen) atoms. The first-order valence-electron chi connectivity index (χ1n) is 7.37.